The lowest BCUT2D eigenvalue weighted by Gasteiger charge is -2.20. The molecule has 2 N–H and O–H groups in total. The Morgan fingerprint density at radius 2 is 2.20 bits per heavy atom. The van der Waals surface area contributed by atoms with E-state index in [1.54, 1.807) is 24.5 Å². The number of carbonyl (C=O) groups is 1. The van der Waals surface area contributed by atoms with Crippen LogP contribution in [0.25, 0.3) is 0 Å². The smallest absolute Gasteiger partial charge is 0.227 e. The first-order valence-electron chi connectivity index (χ1n) is 6.40. The van der Waals surface area contributed by atoms with Crippen LogP contribution >= 0.6 is 23.2 Å². The van der Waals surface area contributed by atoms with Crippen molar-refractivity contribution >= 4 is 34.8 Å². The van der Waals surface area contributed by atoms with Crippen LogP contribution in [0, 0.1) is 5.92 Å². The molecule has 0 bridgehead atoms. The van der Waals surface area contributed by atoms with Gasteiger partial charge in [-0.05, 0) is 31.0 Å². The van der Waals surface area contributed by atoms with E-state index < -0.39 is 0 Å². The zero-order valence-electron chi connectivity index (χ0n) is 10.6. The van der Waals surface area contributed by atoms with E-state index in [1.807, 2.05) is 0 Å². The maximum atomic E-state index is 12.3. The zero-order valence-corrected chi connectivity index (χ0v) is 12.1. The number of amides is 1. The Balaban J connectivity index is 1.69. The topological polar surface area (TPSA) is 57.8 Å². The SMILES string of the molecule is O=C(Nc1ccc(Cl)c(Cl)c1)C1CCc2nc[nH]c2C1. The number of nitrogens with zero attached hydrogens (tertiary/aromatic N) is 1. The van der Waals surface area contributed by atoms with E-state index in [4.69, 9.17) is 23.2 Å². The molecular formula is C14H13Cl2N3O. The average molecular weight is 310 g/mol. The minimum absolute atomic E-state index is 0.00337. The van der Waals surface area contributed by atoms with Crippen molar-refractivity contribution in [3.63, 3.8) is 0 Å². The van der Waals surface area contributed by atoms with Crippen molar-refractivity contribution in [2.45, 2.75) is 19.3 Å². The summed E-state index contributed by atoms with van der Waals surface area (Å²) in [4.78, 5) is 19.6. The van der Waals surface area contributed by atoms with Gasteiger partial charge >= 0.3 is 0 Å². The van der Waals surface area contributed by atoms with Gasteiger partial charge in [0.2, 0.25) is 5.91 Å². The fraction of sp³-hybridized carbons (Fsp3) is 0.286. The highest BCUT2D eigenvalue weighted by Gasteiger charge is 2.26. The molecular weight excluding hydrogens is 297 g/mol. The van der Waals surface area contributed by atoms with Crippen LogP contribution in [-0.4, -0.2) is 15.9 Å². The van der Waals surface area contributed by atoms with Gasteiger partial charge in [0.1, 0.15) is 0 Å². The van der Waals surface area contributed by atoms with Gasteiger partial charge in [0.15, 0.2) is 0 Å². The number of hydrogen-bond acceptors (Lipinski definition) is 2. The molecule has 1 aliphatic rings. The Morgan fingerprint density at radius 1 is 1.35 bits per heavy atom. The van der Waals surface area contributed by atoms with Gasteiger partial charge in [-0.15, -0.1) is 0 Å². The first kappa shape index (κ1) is 13.5. The number of benzene rings is 1. The summed E-state index contributed by atoms with van der Waals surface area (Å²) in [5, 5.41) is 3.80. The normalized spacial score (nSPS) is 17.6. The predicted octanol–water partition coefficient (Wildman–Crippen LogP) is 3.46. The van der Waals surface area contributed by atoms with Crippen molar-refractivity contribution in [3.05, 3.63) is 46.0 Å². The van der Waals surface area contributed by atoms with Crippen molar-refractivity contribution < 1.29 is 4.79 Å². The van der Waals surface area contributed by atoms with Gasteiger partial charge in [0.25, 0.3) is 0 Å². The van der Waals surface area contributed by atoms with Crippen LogP contribution in [0.1, 0.15) is 17.8 Å². The van der Waals surface area contributed by atoms with Gasteiger partial charge in [-0.2, -0.15) is 0 Å². The fourth-order valence-corrected chi connectivity index (χ4v) is 2.74. The van der Waals surface area contributed by atoms with Crippen molar-refractivity contribution in [2.75, 3.05) is 5.32 Å². The molecule has 0 saturated carbocycles. The summed E-state index contributed by atoms with van der Waals surface area (Å²) in [6.45, 7) is 0. The largest absolute Gasteiger partial charge is 0.348 e. The summed E-state index contributed by atoms with van der Waals surface area (Å²) < 4.78 is 0. The summed E-state index contributed by atoms with van der Waals surface area (Å²) in [6.07, 6.45) is 4.02. The number of imidazole rings is 1. The Bertz CT molecular complexity index is 654. The molecule has 1 unspecified atom stereocenters. The number of aryl methyl sites for hydroxylation is 1. The minimum atomic E-state index is -0.0441. The number of rotatable bonds is 2. The van der Waals surface area contributed by atoms with Crippen molar-refractivity contribution in [2.24, 2.45) is 5.92 Å². The van der Waals surface area contributed by atoms with Gasteiger partial charge in [-0.3, -0.25) is 4.79 Å². The average Bonchev–Trinajstić information content (AvgIpc) is 2.90. The van der Waals surface area contributed by atoms with Crippen LogP contribution in [-0.2, 0) is 17.6 Å². The lowest BCUT2D eigenvalue weighted by molar-refractivity contribution is -0.120. The molecule has 1 aliphatic carbocycles. The first-order chi connectivity index (χ1) is 9.63. The van der Waals surface area contributed by atoms with Crippen LogP contribution in [0.15, 0.2) is 24.5 Å². The van der Waals surface area contributed by atoms with E-state index in [0.29, 0.717) is 22.2 Å². The quantitative estimate of drug-likeness (QED) is 0.892. The number of fused-ring (bicyclic) bond motifs is 1. The van der Waals surface area contributed by atoms with Crippen LogP contribution < -0.4 is 5.32 Å². The third-order valence-corrected chi connectivity index (χ3v) is 4.28. The number of anilines is 1. The molecule has 6 heteroatoms. The molecule has 1 aromatic heterocycles. The van der Waals surface area contributed by atoms with Gasteiger partial charge in [0, 0.05) is 23.7 Å². The van der Waals surface area contributed by atoms with E-state index in [2.05, 4.69) is 15.3 Å². The Kier molecular flexibility index (Phi) is 3.68. The molecule has 2 aromatic rings. The highest BCUT2D eigenvalue weighted by molar-refractivity contribution is 6.42. The summed E-state index contributed by atoms with van der Waals surface area (Å²) in [5.41, 5.74) is 2.80. The second-order valence-corrected chi connectivity index (χ2v) is 5.70. The molecule has 1 heterocycles. The van der Waals surface area contributed by atoms with Gasteiger partial charge < -0.3 is 10.3 Å². The van der Waals surface area contributed by atoms with Gasteiger partial charge in [0.05, 0.1) is 22.1 Å². The minimum Gasteiger partial charge on any atom is -0.348 e. The molecule has 4 nitrogen and oxygen atoms in total. The first-order valence-corrected chi connectivity index (χ1v) is 7.16. The Labute approximate surface area is 126 Å². The maximum absolute atomic E-state index is 12.3. The van der Waals surface area contributed by atoms with E-state index in [1.165, 1.54) is 0 Å². The number of aromatic nitrogens is 2. The highest BCUT2D eigenvalue weighted by atomic mass is 35.5. The lowest BCUT2D eigenvalue weighted by atomic mass is 9.89. The van der Waals surface area contributed by atoms with E-state index in [-0.39, 0.29) is 11.8 Å². The second kappa shape index (κ2) is 5.46. The van der Waals surface area contributed by atoms with Crippen LogP contribution in [0.2, 0.25) is 10.0 Å². The maximum Gasteiger partial charge on any atom is 0.227 e. The number of hydrogen-bond donors (Lipinski definition) is 2. The number of carbonyl (C=O) groups excluding carboxylic acids is 1. The fourth-order valence-electron chi connectivity index (χ4n) is 2.44. The molecule has 1 atom stereocenters. The standard InChI is InChI=1S/C14H13Cl2N3O/c15-10-3-2-9(6-11(10)16)19-14(20)8-1-4-12-13(5-8)18-7-17-12/h2-3,6-8H,1,4-5H2,(H,17,18)(H,19,20). The molecule has 0 saturated heterocycles. The second-order valence-electron chi connectivity index (χ2n) is 4.89. The molecule has 20 heavy (non-hydrogen) atoms. The number of halogens is 2. The Hall–Kier alpha value is -1.52. The summed E-state index contributed by atoms with van der Waals surface area (Å²) >= 11 is 11.8. The van der Waals surface area contributed by atoms with E-state index >= 15 is 0 Å². The number of aromatic amines is 1. The Morgan fingerprint density at radius 3 is 3.00 bits per heavy atom. The van der Waals surface area contributed by atoms with Crippen LogP contribution in [0.5, 0.6) is 0 Å². The zero-order chi connectivity index (χ0) is 14.1. The molecule has 3 rings (SSSR count). The lowest BCUT2D eigenvalue weighted by Crippen LogP contribution is -2.28. The summed E-state index contributed by atoms with van der Waals surface area (Å²) in [5.74, 6) is -0.0407. The monoisotopic (exact) mass is 309 g/mol. The summed E-state index contributed by atoms with van der Waals surface area (Å²) in [6, 6.07) is 5.08. The molecule has 0 radical (unpaired) electrons. The van der Waals surface area contributed by atoms with E-state index in [9.17, 15) is 4.79 Å². The third kappa shape index (κ3) is 2.67. The van der Waals surface area contributed by atoms with Crippen molar-refractivity contribution in [1.29, 1.82) is 0 Å². The molecule has 0 fully saturated rings. The van der Waals surface area contributed by atoms with Crippen molar-refractivity contribution in [3.8, 4) is 0 Å². The van der Waals surface area contributed by atoms with Crippen LogP contribution in [0.4, 0.5) is 5.69 Å². The van der Waals surface area contributed by atoms with Gasteiger partial charge in [-0.25, -0.2) is 4.98 Å². The molecule has 0 aliphatic heterocycles. The predicted molar refractivity (Wildman–Crippen MR) is 79.2 cm³/mol. The molecule has 0 spiro atoms. The van der Waals surface area contributed by atoms with E-state index in [0.717, 1.165) is 24.2 Å². The third-order valence-electron chi connectivity index (χ3n) is 3.55. The van der Waals surface area contributed by atoms with Crippen molar-refractivity contribution in [1.82, 2.24) is 9.97 Å². The van der Waals surface area contributed by atoms with Gasteiger partial charge in [-0.1, -0.05) is 23.2 Å². The number of H-pyrrole nitrogens is 1. The molecule has 104 valence electrons. The van der Waals surface area contributed by atoms with Crippen LogP contribution in [0.3, 0.4) is 0 Å². The molecule has 1 amide bonds. The number of nitrogens with one attached hydrogen (secondary N) is 2. The summed E-state index contributed by atoms with van der Waals surface area (Å²) in [7, 11) is 0. The molecule has 1 aromatic carbocycles. The highest BCUT2D eigenvalue weighted by Crippen LogP contribution is 2.27.